The van der Waals surface area contributed by atoms with Crippen LogP contribution in [0.3, 0.4) is 0 Å². The Hall–Kier alpha value is -3.08. The molecule has 1 amide bonds. The molecule has 1 fully saturated rings. The lowest BCUT2D eigenvalue weighted by Crippen LogP contribution is -2.54. The van der Waals surface area contributed by atoms with Crippen molar-refractivity contribution in [3.05, 3.63) is 135 Å². The molecular weight excluding hydrogens is 515 g/mol. The van der Waals surface area contributed by atoms with E-state index in [0.29, 0.717) is 12.3 Å². The first-order chi connectivity index (χ1) is 18.9. The summed E-state index contributed by atoms with van der Waals surface area (Å²) < 4.78 is 0. The van der Waals surface area contributed by atoms with Crippen LogP contribution in [0.4, 0.5) is 0 Å². The van der Waals surface area contributed by atoms with E-state index in [2.05, 4.69) is 97.2 Å². The quantitative estimate of drug-likeness (QED) is 0.244. The number of carbonyl (C=O) groups excluding carboxylic acids is 1. The molecule has 2 heterocycles. The van der Waals surface area contributed by atoms with Crippen LogP contribution in [0.1, 0.15) is 64.1 Å². The van der Waals surface area contributed by atoms with Gasteiger partial charge in [-0.1, -0.05) is 78.4 Å². The summed E-state index contributed by atoms with van der Waals surface area (Å²) in [7, 11) is 0. The summed E-state index contributed by atoms with van der Waals surface area (Å²) in [5.74, 6) is 0.569. The molecule has 0 bridgehead atoms. The summed E-state index contributed by atoms with van der Waals surface area (Å²) in [5, 5.41) is 7.48. The van der Waals surface area contributed by atoms with Crippen molar-refractivity contribution in [1.82, 2.24) is 5.32 Å². The van der Waals surface area contributed by atoms with Crippen LogP contribution in [0.15, 0.2) is 101 Å². The van der Waals surface area contributed by atoms with Crippen LogP contribution in [-0.4, -0.2) is 11.2 Å². The van der Waals surface area contributed by atoms with Gasteiger partial charge in [0, 0.05) is 11.3 Å². The Morgan fingerprint density at radius 3 is 2.69 bits per heavy atom. The van der Waals surface area contributed by atoms with Crippen molar-refractivity contribution in [2.45, 2.75) is 67.6 Å². The van der Waals surface area contributed by atoms with E-state index in [-0.39, 0.29) is 11.2 Å². The third kappa shape index (κ3) is 5.13. The largest absolute Gasteiger partial charge is 0.341 e. The molecule has 1 aliphatic carbocycles. The minimum Gasteiger partial charge on any atom is -0.341 e. The van der Waals surface area contributed by atoms with Gasteiger partial charge in [-0.05, 0) is 102 Å². The van der Waals surface area contributed by atoms with Crippen molar-refractivity contribution in [3.8, 4) is 0 Å². The molecule has 6 rings (SSSR count). The smallest absolute Gasteiger partial charge is 0.238 e. The van der Waals surface area contributed by atoms with E-state index in [0.717, 1.165) is 28.0 Å². The molecule has 3 atom stereocenters. The van der Waals surface area contributed by atoms with E-state index in [1.807, 2.05) is 12.1 Å². The van der Waals surface area contributed by atoms with Gasteiger partial charge in [-0.25, -0.2) is 0 Å². The molecule has 1 aromatic heterocycles. The predicted octanol–water partition coefficient (Wildman–Crippen LogP) is 8.51. The molecule has 4 aromatic rings. The van der Waals surface area contributed by atoms with Crippen molar-refractivity contribution >= 4 is 29.0 Å². The minimum atomic E-state index is -0.603. The zero-order valence-corrected chi connectivity index (χ0v) is 24.3. The molecule has 1 N–H and O–H groups in total. The van der Waals surface area contributed by atoms with Crippen molar-refractivity contribution in [3.63, 3.8) is 0 Å². The maximum Gasteiger partial charge on any atom is 0.238 e. The van der Waals surface area contributed by atoms with Gasteiger partial charge < -0.3 is 5.32 Å². The molecule has 3 unspecified atom stereocenters. The second kappa shape index (κ2) is 10.8. The Labute approximate surface area is 240 Å². The summed E-state index contributed by atoms with van der Waals surface area (Å²) in [6.45, 7) is 8.76. The molecule has 4 heteroatoms. The number of benzene rings is 3. The van der Waals surface area contributed by atoms with E-state index in [4.69, 9.17) is 0 Å². The Morgan fingerprint density at radius 1 is 1.03 bits per heavy atom. The molecule has 198 valence electrons. The topological polar surface area (TPSA) is 29.1 Å². The van der Waals surface area contributed by atoms with E-state index in [1.54, 1.807) is 23.1 Å². The lowest BCUT2D eigenvalue weighted by molar-refractivity contribution is -0.122. The van der Waals surface area contributed by atoms with Gasteiger partial charge in [-0.3, -0.25) is 4.79 Å². The van der Waals surface area contributed by atoms with Gasteiger partial charge in [0.25, 0.3) is 0 Å². The molecule has 3 aromatic carbocycles. The highest BCUT2D eigenvalue weighted by molar-refractivity contribution is 8.00. The number of aryl methyl sites for hydroxylation is 3. The van der Waals surface area contributed by atoms with Gasteiger partial charge in [0.1, 0.15) is 5.25 Å². The van der Waals surface area contributed by atoms with E-state index in [1.165, 1.54) is 47.1 Å². The average molecular weight is 550 g/mol. The Morgan fingerprint density at radius 2 is 1.90 bits per heavy atom. The fourth-order valence-corrected chi connectivity index (χ4v) is 8.20. The fourth-order valence-electron chi connectivity index (χ4n) is 6.39. The number of thiophene rings is 1. The molecule has 0 spiro atoms. The molecule has 2 aliphatic rings. The first-order valence-electron chi connectivity index (χ1n) is 13.9. The molecule has 1 saturated heterocycles. The van der Waals surface area contributed by atoms with Gasteiger partial charge in [-0.15, -0.1) is 11.8 Å². The highest BCUT2D eigenvalue weighted by Gasteiger charge is 2.45. The van der Waals surface area contributed by atoms with Crippen LogP contribution in [-0.2, 0) is 23.2 Å². The third-order valence-corrected chi connectivity index (χ3v) is 10.6. The highest BCUT2D eigenvalue weighted by Crippen LogP contribution is 2.45. The summed E-state index contributed by atoms with van der Waals surface area (Å²) in [6.07, 6.45) is 5.36. The van der Waals surface area contributed by atoms with Crippen LogP contribution in [0.2, 0.25) is 0 Å². The SMILES string of the molecule is C=C1CC(c2ccsc2)(c2cccc(CC3CCCc4ccc(C)cc43)c2)NC(=O)C1Sc1ccccc1C. The first kappa shape index (κ1) is 26.2. The van der Waals surface area contributed by atoms with Gasteiger partial charge in [0.15, 0.2) is 0 Å². The van der Waals surface area contributed by atoms with Crippen LogP contribution in [0.5, 0.6) is 0 Å². The normalized spacial score (nSPS) is 22.8. The van der Waals surface area contributed by atoms with E-state index < -0.39 is 5.54 Å². The maximum atomic E-state index is 13.8. The van der Waals surface area contributed by atoms with Crippen molar-refractivity contribution in [2.24, 2.45) is 0 Å². The maximum absolute atomic E-state index is 13.8. The molecule has 0 saturated carbocycles. The number of rotatable bonds is 6. The lowest BCUT2D eigenvalue weighted by atomic mass is 9.74. The van der Waals surface area contributed by atoms with E-state index in [9.17, 15) is 4.79 Å². The average Bonchev–Trinajstić information content (AvgIpc) is 3.48. The third-order valence-electron chi connectivity index (χ3n) is 8.43. The lowest BCUT2D eigenvalue weighted by Gasteiger charge is -2.42. The second-order valence-electron chi connectivity index (χ2n) is 11.2. The van der Waals surface area contributed by atoms with Crippen molar-refractivity contribution in [2.75, 3.05) is 0 Å². The number of thioether (sulfide) groups is 1. The molecular formula is C35H35NOS2. The van der Waals surface area contributed by atoms with Gasteiger partial charge >= 0.3 is 0 Å². The standard InChI is InChI=1S/C35H35NOS2/c1-23-14-15-27-10-7-11-28(31(27)18-23)19-26-9-6-12-29(20-26)35(30-16-17-38-22-30)21-25(3)33(34(37)36-35)39-32-13-5-4-8-24(32)2/h4-6,8-9,12-18,20,22,28,33H,3,7,10-11,19,21H2,1-2H3,(H,36,37). The Kier molecular flexibility index (Phi) is 7.26. The number of carbonyl (C=O) groups is 1. The highest BCUT2D eigenvalue weighted by atomic mass is 32.2. The summed E-state index contributed by atoms with van der Waals surface area (Å²) in [6, 6.07) is 26.3. The van der Waals surface area contributed by atoms with Gasteiger partial charge in [-0.2, -0.15) is 11.3 Å². The van der Waals surface area contributed by atoms with Crippen LogP contribution in [0.25, 0.3) is 0 Å². The summed E-state index contributed by atoms with van der Waals surface area (Å²) >= 11 is 3.29. The monoisotopic (exact) mass is 549 g/mol. The Balaban J connectivity index is 1.32. The van der Waals surface area contributed by atoms with Gasteiger partial charge in [0.2, 0.25) is 5.91 Å². The second-order valence-corrected chi connectivity index (χ2v) is 13.1. The van der Waals surface area contributed by atoms with Crippen LogP contribution in [0, 0.1) is 13.8 Å². The van der Waals surface area contributed by atoms with Crippen LogP contribution < -0.4 is 5.32 Å². The number of hydrogen-bond acceptors (Lipinski definition) is 3. The van der Waals surface area contributed by atoms with E-state index >= 15 is 0 Å². The number of piperidine rings is 1. The Bertz CT molecular complexity index is 1500. The van der Waals surface area contributed by atoms with Crippen LogP contribution >= 0.6 is 23.1 Å². The number of fused-ring (bicyclic) bond motifs is 1. The molecule has 2 nitrogen and oxygen atoms in total. The zero-order valence-electron chi connectivity index (χ0n) is 22.7. The fraction of sp³-hybridized carbons (Fsp3) is 0.286. The zero-order chi connectivity index (χ0) is 27.0. The summed E-state index contributed by atoms with van der Waals surface area (Å²) in [5.41, 5.74) is 9.54. The molecule has 1 aliphatic heterocycles. The van der Waals surface area contributed by atoms with Crippen molar-refractivity contribution in [1.29, 1.82) is 0 Å². The minimum absolute atomic E-state index is 0.0350. The number of nitrogens with one attached hydrogen (secondary N) is 1. The first-order valence-corrected chi connectivity index (χ1v) is 15.7. The predicted molar refractivity (Wildman–Crippen MR) is 165 cm³/mol. The number of hydrogen-bond donors (Lipinski definition) is 1. The summed E-state index contributed by atoms with van der Waals surface area (Å²) in [4.78, 5) is 14.9. The molecule has 0 radical (unpaired) electrons. The van der Waals surface area contributed by atoms with Crippen molar-refractivity contribution < 1.29 is 4.79 Å². The van der Waals surface area contributed by atoms with Gasteiger partial charge in [0.05, 0.1) is 5.54 Å². The molecule has 39 heavy (non-hydrogen) atoms. The number of amides is 1.